The maximum atomic E-state index is 12.6. The van der Waals surface area contributed by atoms with Crippen molar-refractivity contribution in [3.05, 3.63) is 28.2 Å². The van der Waals surface area contributed by atoms with Crippen LogP contribution in [-0.2, 0) is 0 Å². The molecule has 6 heteroatoms. The number of nitrogens with one attached hydrogen (secondary N) is 1. The fourth-order valence-corrected chi connectivity index (χ4v) is 2.91. The van der Waals surface area contributed by atoms with Crippen LogP contribution in [0.5, 0.6) is 0 Å². The largest absolute Gasteiger partial charge is 0.360 e. The lowest BCUT2D eigenvalue weighted by molar-refractivity contribution is 0.564. The van der Waals surface area contributed by atoms with Crippen molar-refractivity contribution >= 4 is 16.5 Å². The smallest absolute Gasteiger partial charge is 0.261 e. The zero-order valence-electron chi connectivity index (χ0n) is 13.2. The van der Waals surface area contributed by atoms with E-state index >= 15 is 0 Å². The third-order valence-corrected chi connectivity index (χ3v) is 4.07. The molecule has 0 bridgehead atoms. The number of hydrogen-bond acceptors (Lipinski definition) is 5. The summed E-state index contributed by atoms with van der Waals surface area (Å²) in [6.45, 7) is 11.1. The number of hydrogen-bond donors (Lipinski definition) is 1. The Morgan fingerprint density at radius 1 is 1.24 bits per heavy atom. The summed E-state index contributed by atoms with van der Waals surface area (Å²) in [7, 11) is 0. The Kier molecular flexibility index (Phi) is 4.77. The highest BCUT2D eigenvalue weighted by molar-refractivity contribution is 7.18. The van der Waals surface area contributed by atoms with Crippen LogP contribution in [0.4, 0.5) is 5.13 Å². The van der Waals surface area contributed by atoms with E-state index in [4.69, 9.17) is 0 Å². The monoisotopic (exact) mass is 306 g/mol. The van der Waals surface area contributed by atoms with Crippen molar-refractivity contribution < 1.29 is 0 Å². The Bertz CT molecular complexity index is 673. The molecule has 2 heterocycles. The molecule has 0 atom stereocenters. The minimum Gasteiger partial charge on any atom is -0.360 e. The molecule has 2 aromatic rings. The first-order valence-corrected chi connectivity index (χ1v) is 8.01. The predicted molar refractivity (Wildman–Crippen MR) is 88.1 cm³/mol. The normalized spacial score (nSPS) is 11.4. The van der Waals surface area contributed by atoms with Gasteiger partial charge in [0.15, 0.2) is 5.01 Å². The Balaban J connectivity index is 2.35. The molecule has 114 valence electrons. The first kappa shape index (κ1) is 15.7. The molecule has 0 aromatic carbocycles. The zero-order chi connectivity index (χ0) is 15.6. The molecule has 0 aliphatic heterocycles. The first-order chi connectivity index (χ1) is 9.90. The number of rotatable bonds is 5. The lowest BCUT2D eigenvalue weighted by Gasteiger charge is -2.14. The number of aromatic nitrogens is 3. The molecule has 0 aliphatic carbocycles. The van der Waals surface area contributed by atoms with Gasteiger partial charge in [-0.15, -0.1) is 10.2 Å². The average Bonchev–Trinajstić information content (AvgIpc) is 2.84. The van der Waals surface area contributed by atoms with Gasteiger partial charge in [-0.05, 0) is 38.8 Å². The van der Waals surface area contributed by atoms with Crippen molar-refractivity contribution in [1.82, 2.24) is 14.8 Å². The van der Waals surface area contributed by atoms with Gasteiger partial charge in [0.1, 0.15) is 0 Å². The Hall–Kier alpha value is -1.69. The van der Waals surface area contributed by atoms with Crippen LogP contribution in [0.2, 0.25) is 0 Å². The molecule has 2 aromatic heterocycles. The van der Waals surface area contributed by atoms with Gasteiger partial charge in [-0.2, -0.15) is 0 Å². The minimum atomic E-state index is -0.00319. The zero-order valence-corrected chi connectivity index (χ0v) is 14.0. The topological polar surface area (TPSA) is 59.8 Å². The van der Waals surface area contributed by atoms with Crippen molar-refractivity contribution in [2.45, 2.75) is 40.7 Å². The summed E-state index contributed by atoms with van der Waals surface area (Å²) in [5, 5.41) is 12.9. The summed E-state index contributed by atoms with van der Waals surface area (Å²) >= 11 is 1.42. The molecule has 1 N–H and O–H groups in total. The van der Waals surface area contributed by atoms with Gasteiger partial charge in [0.05, 0.1) is 5.56 Å². The molecule has 0 radical (unpaired) electrons. The van der Waals surface area contributed by atoms with Crippen molar-refractivity contribution in [3.63, 3.8) is 0 Å². The molecule has 0 aliphatic rings. The van der Waals surface area contributed by atoms with E-state index in [1.54, 1.807) is 4.57 Å². The van der Waals surface area contributed by atoms with Crippen LogP contribution in [0.1, 0.15) is 39.4 Å². The Morgan fingerprint density at radius 3 is 2.57 bits per heavy atom. The summed E-state index contributed by atoms with van der Waals surface area (Å²) in [6.07, 6.45) is 0. The maximum absolute atomic E-state index is 12.6. The third-order valence-electron chi connectivity index (χ3n) is 3.15. The molecular formula is C15H22N4OS. The van der Waals surface area contributed by atoms with Crippen LogP contribution >= 0.6 is 11.3 Å². The number of aryl methyl sites for hydroxylation is 1. The van der Waals surface area contributed by atoms with Crippen molar-refractivity contribution in [2.24, 2.45) is 5.92 Å². The fraction of sp³-hybridized carbons (Fsp3) is 0.533. The second-order valence-corrected chi connectivity index (χ2v) is 6.82. The van der Waals surface area contributed by atoms with Gasteiger partial charge in [-0.3, -0.25) is 4.79 Å². The van der Waals surface area contributed by atoms with Gasteiger partial charge in [0.2, 0.25) is 5.13 Å². The van der Waals surface area contributed by atoms with Crippen LogP contribution in [-0.4, -0.2) is 21.3 Å². The van der Waals surface area contributed by atoms with Crippen molar-refractivity contribution in [2.75, 3.05) is 11.9 Å². The van der Waals surface area contributed by atoms with Gasteiger partial charge in [0.25, 0.3) is 5.56 Å². The van der Waals surface area contributed by atoms with E-state index < -0.39 is 0 Å². The first-order valence-electron chi connectivity index (χ1n) is 7.20. The van der Waals surface area contributed by atoms with Gasteiger partial charge in [-0.25, -0.2) is 0 Å². The summed E-state index contributed by atoms with van der Waals surface area (Å²) in [6, 6.07) is 3.92. The van der Waals surface area contributed by atoms with Crippen LogP contribution in [0, 0.1) is 12.8 Å². The molecular weight excluding hydrogens is 284 g/mol. The van der Waals surface area contributed by atoms with E-state index in [2.05, 4.69) is 29.4 Å². The predicted octanol–water partition coefficient (Wildman–Crippen LogP) is 3.32. The van der Waals surface area contributed by atoms with E-state index in [1.807, 2.05) is 32.9 Å². The van der Waals surface area contributed by atoms with Crippen molar-refractivity contribution in [1.29, 1.82) is 0 Å². The van der Waals surface area contributed by atoms with Gasteiger partial charge in [0, 0.05) is 18.3 Å². The lowest BCUT2D eigenvalue weighted by Crippen LogP contribution is -2.25. The third kappa shape index (κ3) is 3.50. The molecule has 0 fully saturated rings. The number of anilines is 1. The maximum Gasteiger partial charge on any atom is 0.261 e. The van der Waals surface area contributed by atoms with Crippen LogP contribution in [0.15, 0.2) is 16.9 Å². The van der Waals surface area contributed by atoms with Gasteiger partial charge in [-0.1, -0.05) is 25.2 Å². The molecule has 0 spiro atoms. The standard InChI is InChI=1S/C15H22N4OS/c1-9(2)8-16-15-18-17-13(21-15)12-7-6-11(5)19(10(3)4)14(12)20/h6-7,9-10H,8H2,1-5H3,(H,16,18). The Morgan fingerprint density at radius 2 is 1.95 bits per heavy atom. The summed E-state index contributed by atoms with van der Waals surface area (Å²) in [5.41, 5.74) is 1.57. The molecule has 0 amide bonds. The molecule has 21 heavy (non-hydrogen) atoms. The SMILES string of the molecule is Cc1ccc(-c2nnc(NCC(C)C)s2)c(=O)n1C(C)C. The van der Waals surface area contributed by atoms with Crippen molar-refractivity contribution in [3.8, 4) is 10.6 Å². The van der Waals surface area contributed by atoms with E-state index in [0.29, 0.717) is 16.5 Å². The highest BCUT2D eigenvalue weighted by atomic mass is 32.1. The second kappa shape index (κ2) is 6.39. The van der Waals surface area contributed by atoms with E-state index in [1.165, 1.54) is 11.3 Å². The number of pyridine rings is 1. The molecule has 2 rings (SSSR count). The fourth-order valence-electron chi connectivity index (χ4n) is 2.14. The van der Waals surface area contributed by atoms with E-state index in [9.17, 15) is 4.79 Å². The minimum absolute atomic E-state index is 0.00319. The lowest BCUT2D eigenvalue weighted by atomic mass is 10.2. The van der Waals surface area contributed by atoms with Crippen LogP contribution < -0.4 is 10.9 Å². The molecule has 0 saturated carbocycles. The summed E-state index contributed by atoms with van der Waals surface area (Å²) in [5.74, 6) is 0.537. The summed E-state index contributed by atoms with van der Waals surface area (Å²) in [4.78, 5) is 12.6. The highest BCUT2D eigenvalue weighted by Gasteiger charge is 2.14. The van der Waals surface area contributed by atoms with Crippen LogP contribution in [0.3, 0.4) is 0 Å². The molecule has 5 nitrogen and oxygen atoms in total. The quantitative estimate of drug-likeness (QED) is 0.920. The van der Waals surface area contributed by atoms with Crippen LogP contribution in [0.25, 0.3) is 10.6 Å². The van der Waals surface area contributed by atoms with E-state index in [-0.39, 0.29) is 11.6 Å². The number of nitrogens with zero attached hydrogens (tertiary/aromatic N) is 3. The summed E-state index contributed by atoms with van der Waals surface area (Å²) < 4.78 is 1.79. The molecule has 0 saturated heterocycles. The van der Waals surface area contributed by atoms with E-state index in [0.717, 1.165) is 17.4 Å². The highest BCUT2D eigenvalue weighted by Crippen LogP contribution is 2.24. The second-order valence-electron chi connectivity index (χ2n) is 5.84. The van der Waals surface area contributed by atoms with Gasteiger partial charge >= 0.3 is 0 Å². The Labute approximate surface area is 129 Å². The molecule has 0 unspecified atom stereocenters. The average molecular weight is 306 g/mol. The van der Waals surface area contributed by atoms with Gasteiger partial charge < -0.3 is 9.88 Å².